The van der Waals surface area contributed by atoms with Gasteiger partial charge in [0, 0.05) is 43.4 Å². The molecule has 0 spiro atoms. The summed E-state index contributed by atoms with van der Waals surface area (Å²) in [7, 11) is 0. The molecule has 9 rings (SSSR count). The van der Waals surface area contributed by atoms with Crippen LogP contribution in [-0.4, -0.2) is 9.13 Å². The zero-order chi connectivity index (χ0) is 29.5. The highest BCUT2D eigenvalue weighted by Crippen LogP contribution is 2.46. The molecule has 0 amide bonds. The van der Waals surface area contributed by atoms with Crippen LogP contribution in [0, 0.1) is 28.6 Å². The van der Waals surface area contributed by atoms with Crippen LogP contribution < -0.4 is 0 Å². The summed E-state index contributed by atoms with van der Waals surface area (Å²) >= 11 is 1.90. The molecule has 1 aliphatic rings. The van der Waals surface area contributed by atoms with Crippen molar-refractivity contribution in [3.63, 3.8) is 0 Å². The van der Waals surface area contributed by atoms with Gasteiger partial charge in [0.15, 0.2) is 0 Å². The van der Waals surface area contributed by atoms with Crippen LogP contribution in [0.1, 0.15) is 28.5 Å². The average molecular weight is 581 g/mol. The second-order valence-corrected chi connectivity index (χ2v) is 12.8. The van der Waals surface area contributed by atoms with Gasteiger partial charge in [-0.3, -0.25) is 0 Å². The molecule has 3 heterocycles. The lowest BCUT2D eigenvalue weighted by atomic mass is 9.91. The maximum atomic E-state index is 9.60. The van der Waals surface area contributed by atoms with E-state index in [9.17, 15) is 10.5 Å². The number of aromatic nitrogens is 2. The summed E-state index contributed by atoms with van der Waals surface area (Å²) in [6.07, 6.45) is 3.37. The van der Waals surface area contributed by atoms with Crippen LogP contribution in [0.15, 0.2) is 103 Å². The van der Waals surface area contributed by atoms with E-state index in [0.29, 0.717) is 17.0 Å². The third-order valence-corrected chi connectivity index (χ3v) is 10.5. The first kappa shape index (κ1) is 24.9. The van der Waals surface area contributed by atoms with Crippen molar-refractivity contribution in [1.29, 1.82) is 10.5 Å². The highest BCUT2D eigenvalue weighted by atomic mass is 32.1. The number of rotatable bonds is 2. The van der Waals surface area contributed by atoms with Crippen molar-refractivity contribution in [1.82, 2.24) is 9.13 Å². The first-order valence-corrected chi connectivity index (χ1v) is 15.6. The largest absolute Gasteiger partial charge is 0.313 e. The van der Waals surface area contributed by atoms with Crippen LogP contribution in [0.25, 0.3) is 71.2 Å². The fourth-order valence-electron chi connectivity index (χ4n) is 7.24. The SMILES string of the molecule is CC1Cc2sc3c(-n4c5ccccc5c5cc(C#N)ccc54)cccc3c2C=C1n1c2ccccc2c2cc(C#N)ccc21. The van der Waals surface area contributed by atoms with Crippen LogP contribution in [0.3, 0.4) is 0 Å². The molecule has 4 nitrogen and oxygen atoms in total. The van der Waals surface area contributed by atoms with Crippen molar-refractivity contribution >= 4 is 76.8 Å². The minimum Gasteiger partial charge on any atom is -0.313 e. The molecule has 0 saturated heterocycles. The van der Waals surface area contributed by atoms with E-state index in [4.69, 9.17) is 0 Å². The topological polar surface area (TPSA) is 57.4 Å². The van der Waals surface area contributed by atoms with Gasteiger partial charge in [0.25, 0.3) is 0 Å². The smallest absolute Gasteiger partial charge is 0.0991 e. The van der Waals surface area contributed by atoms with Gasteiger partial charge in [-0.15, -0.1) is 11.3 Å². The lowest BCUT2D eigenvalue weighted by Gasteiger charge is -2.23. The molecule has 5 heteroatoms. The van der Waals surface area contributed by atoms with E-state index in [2.05, 4.69) is 113 Å². The second kappa shape index (κ2) is 9.19. The molecule has 0 radical (unpaired) electrons. The minimum atomic E-state index is 0.311. The zero-order valence-corrected chi connectivity index (χ0v) is 24.7. The summed E-state index contributed by atoms with van der Waals surface area (Å²) in [6.45, 7) is 2.32. The lowest BCUT2D eigenvalue weighted by molar-refractivity contribution is 0.717. The van der Waals surface area contributed by atoms with E-state index in [-0.39, 0.29) is 0 Å². The summed E-state index contributed by atoms with van der Waals surface area (Å²) in [5.74, 6) is 0.311. The first-order chi connectivity index (χ1) is 21.6. The third kappa shape index (κ3) is 3.36. The summed E-state index contributed by atoms with van der Waals surface area (Å²) in [4.78, 5) is 1.41. The summed E-state index contributed by atoms with van der Waals surface area (Å²) in [6, 6.07) is 40.3. The molecule has 0 fully saturated rings. The van der Waals surface area contributed by atoms with Crippen LogP contribution in [0.4, 0.5) is 0 Å². The molecular formula is C39H24N4S. The Balaban J connectivity index is 1.30. The van der Waals surface area contributed by atoms with Crippen molar-refractivity contribution in [3.8, 4) is 17.8 Å². The van der Waals surface area contributed by atoms with E-state index in [1.807, 2.05) is 35.6 Å². The number of hydrogen-bond donors (Lipinski definition) is 0. The molecule has 0 saturated carbocycles. The highest BCUT2D eigenvalue weighted by molar-refractivity contribution is 7.20. The maximum absolute atomic E-state index is 9.60. The molecule has 1 aliphatic carbocycles. The van der Waals surface area contributed by atoms with Crippen LogP contribution in [0.2, 0.25) is 0 Å². The molecular weight excluding hydrogens is 557 g/mol. The number of hydrogen-bond acceptors (Lipinski definition) is 3. The molecule has 206 valence electrons. The molecule has 44 heavy (non-hydrogen) atoms. The van der Waals surface area contributed by atoms with Crippen molar-refractivity contribution in [2.75, 3.05) is 0 Å². The fourth-order valence-corrected chi connectivity index (χ4v) is 8.65. The number of nitriles is 2. The molecule has 0 N–H and O–H groups in total. The number of benzene rings is 5. The Morgan fingerprint density at radius 3 is 1.86 bits per heavy atom. The van der Waals surface area contributed by atoms with Gasteiger partial charge < -0.3 is 9.13 Å². The molecule has 3 aromatic heterocycles. The summed E-state index contributed by atoms with van der Waals surface area (Å²) in [5, 5.41) is 25.0. The number of thiophene rings is 1. The fraction of sp³-hybridized carbons (Fsp3) is 0.0769. The van der Waals surface area contributed by atoms with Gasteiger partial charge >= 0.3 is 0 Å². The molecule has 1 unspecified atom stereocenters. The van der Waals surface area contributed by atoms with Crippen molar-refractivity contribution in [3.05, 3.63) is 125 Å². The van der Waals surface area contributed by atoms with Crippen LogP contribution in [0.5, 0.6) is 0 Å². The molecule has 0 aliphatic heterocycles. The molecule has 0 bridgehead atoms. The molecule has 1 atom stereocenters. The van der Waals surface area contributed by atoms with E-state index in [1.165, 1.54) is 42.8 Å². The van der Waals surface area contributed by atoms with E-state index < -0.39 is 0 Å². The summed E-state index contributed by atoms with van der Waals surface area (Å²) in [5.41, 5.74) is 9.64. The Labute approximate surface area is 257 Å². The standard InChI is InChI=1S/C39H24N4S/c1-23-17-38-31(20-37(23)43-33-11-5-3-8-27(33)30-19-25(22-41)14-16-35(30)43)28-9-6-12-36(39(28)44-38)42-32-10-4-2-7-26(32)29-18-24(21-40)13-15-34(29)42/h2-16,18-20,23H,17H2,1H3. The predicted octanol–water partition coefficient (Wildman–Crippen LogP) is 10.0. The van der Waals surface area contributed by atoms with Gasteiger partial charge in [-0.25, -0.2) is 0 Å². The predicted molar refractivity (Wildman–Crippen MR) is 182 cm³/mol. The van der Waals surface area contributed by atoms with E-state index in [1.54, 1.807) is 0 Å². The maximum Gasteiger partial charge on any atom is 0.0991 e. The van der Waals surface area contributed by atoms with E-state index in [0.717, 1.165) is 39.1 Å². The third-order valence-electron chi connectivity index (χ3n) is 9.20. The van der Waals surface area contributed by atoms with E-state index >= 15 is 0 Å². The Morgan fingerprint density at radius 1 is 0.636 bits per heavy atom. The number of para-hydroxylation sites is 2. The lowest BCUT2D eigenvalue weighted by Crippen LogP contribution is -2.12. The number of nitrogens with zero attached hydrogens (tertiary/aromatic N) is 4. The van der Waals surface area contributed by atoms with Gasteiger partial charge in [0.05, 0.1) is 55.7 Å². The van der Waals surface area contributed by atoms with Crippen LogP contribution >= 0.6 is 11.3 Å². The Hall–Kier alpha value is -5.62. The monoisotopic (exact) mass is 580 g/mol. The Morgan fingerprint density at radius 2 is 1.20 bits per heavy atom. The van der Waals surface area contributed by atoms with Crippen molar-refractivity contribution in [2.45, 2.75) is 13.3 Å². The van der Waals surface area contributed by atoms with Gasteiger partial charge in [-0.2, -0.15) is 10.5 Å². The first-order valence-electron chi connectivity index (χ1n) is 14.8. The normalized spacial score (nSPS) is 14.7. The van der Waals surface area contributed by atoms with Gasteiger partial charge in [-0.05, 0) is 72.7 Å². The number of allylic oxidation sites excluding steroid dienone is 1. The highest BCUT2D eigenvalue weighted by Gasteiger charge is 2.27. The van der Waals surface area contributed by atoms with Crippen LogP contribution in [-0.2, 0) is 6.42 Å². The van der Waals surface area contributed by atoms with Crippen molar-refractivity contribution in [2.24, 2.45) is 5.92 Å². The number of fused-ring (bicyclic) bond motifs is 9. The Bertz CT molecular complexity index is 2630. The average Bonchev–Trinajstić information content (AvgIpc) is 3.71. The second-order valence-electron chi connectivity index (χ2n) is 11.7. The molecule has 5 aromatic carbocycles. The van der Waals surface area contributed by atoms with Crippen molar-refractivity contribution < 1.29 is 0 Å². The van der Waals surface area contributed by atoms with Gasteiger partial charge in [0.1, 0.15) is 0 Å². The molecule has 8 aromatic rings. The zero-order valence-electron chi connectivity index (χ0n) is 23.9. The minimum absolute atomic E-state index is 0.311. The quantitative estimate of drug-likeness (QED) is 0.204. The summed E-state index contributed by atoms with van der Waals surface area (Å²) < 4.78 is 6.05. The van der Waals surface area contributed by atoms with Gasteiger partial charge in [-0.1, -0.05) is 55.5 Å². The Kier molecular flexibility index (Phi) is 5.21. The van der Waals surface area contributed by atoms with Gasteiger partial charge in [0.2, 0.25) is 0 Å².